The van der Waals surface area contributed by atoms with Crippen molar-refractivity contribution in [2.45, 2.75) is 64.3 Å². The second-order valence-electron chi connectivity index (χ2n) is 5.52. The fourth-order valence-corrected chi connectivity index (χ4v) is 2.60. The molecule has 5 heteroatoms. The molecule has 5 nitrogen and oxygen atoms in total. The van der Waals surface area contributed by atoms with Gasteiger partial charge in [0.15, 0.2) is 0 Å². The molecule has 0 aromatic carbocycles. The van der Waals surface area contributed by atoms with Crippen LogP contribution in [0.2, 0.25) is 0 Å². The van der Waals surface area contributed by atoms with E-state index in [1.807, 2.05) is 0 Å². The number of carbonyl (C=O) groups excluding carboxylic acids is 1. The Labute approximate surface area is 121 Å². The van der Waals surface area contributed by atoms with Gasteiger partial charge >= 0.3 is 5.97 Å². The quantitative estimate of drug-likeness (QED) is 0.635. The van der Waals surface area contributed by atoms with E-state index in [4.69, 9.17) is 5.11 Å². The molecule has 0 radical (unpaired) electrons. The molecule has 0 aromatic rings. The highest BCUT2D eigenvalue weighted by Crippen LogP contribution is 2.12. The topological polar surface area (TPSA) is 69.6 Å². The number of amides is 1. The minimum Gasteiger partial charge on any atom is -0.480 e. The maximum absolute atomic E-state index is 12.1. The standard InChI is InChI=1S/C15H28N2O3/c1-2-3-4-5-6-7-8-9-14(18)17-11-10-16-12-13(17)15(19)20/h13,16H,2-12H2,1H3,(H,19,20). The van der Waals surface area contributed by atoms with E-state index in [-0.39, 0.29) is 5.91 Å². The average molecular weight is 284 g/mol. The van der Waals surface area contributed by atoms with Gasteiger partial charge in [-0.25, -0.2) is 4.79 Å². The Bertz CT molecular complexity index is 307. The molecular formula is C15H28N2O3. The molecule has 0 aliphatic carbocycles. The first-order valence-corrected chi connectivity index (χ1v) is 7.89. The van der Waals surface area contributed by atoms with E-state index in [0.29, 0.717) is 26.1 Å². The van der Waals surface area contributed by atoms with E-state index in [2.05, 4.69) is 12.2 Å². The summed E-state index contributed by atoms with van der Waals surface area (Å²) in [6, 6.07) is -0.694. The molecule has 0 spiro atoms. The minimum atomic E-state index is -0.912. The summed E-state index contributed by atoms with van der Waals surface area (Å²) >= 11 is 0. The lowest BCUT2D eigenvalue weighted by molar-refractivity contribution is -0.151. The van der Waals surface area contributed by atoms with Crippen molar-refractivity contribution in [2.24, 2.45) is 0 Å². The largest absolute Gasteiger partial charge is 0.480 e. The number of rotatable bonds is 9. The summed E-state index contributed by atoms with van der Waals surface area (Å²) in [6.45, 7) is 3.75. The Kier molecular flexibility index (Phi) is 8.26. The molecule has 0 bridgehead atoms. The molecule has 1 saturated heterocycles. The van der Waals surface area contributed by atoms with Crippen molar-refractivity contribution in [1.82, 2.24) is 10.2 Å². The SMILES string of the molecule is CCCCCCCCCC(=O)N1CCNCC1C(=O)O. The molecule has 0 aromatic heterocycles. The second-order valence-corrected chi connectivity index (χ2v) is 5.52. The van der Waals surface area contributed by atoms with Crippen molar-refractivity contribution in [1.29, 1.82) is 0 Å². The summed E-state index contributed by atoms with van der Waals surface area (Å²) in [5.74, 6) is -0.919. The lowest BCUT2D eigenvalue weighted by Crippen LogP contribution is -2.56. The predicted octanol–water partition coefficient (Wildman–Crippen LogP) is 2.01. The molecule has 1 heterocycles. The molecule has 1 fully saturated rings. The summed E-state index contributed by atoms with van der Waals surface area (Å²) in [4.78, 5) is 24.7. The van der Waals surface area contributed by atoms with Crippen LogP contribution in [0.25, 0.3) is 0 Å². The third kappa shape index (κ3) is 5.90. The maximum atomic E-state index is 12.1. The van der Waals surface area contributed by atoms with Crippen molar-refractivity contribution in [3.05, 3.63) is 0 Å². The van der Waals surface area contributed by atoms with Crippen molar-refractivity contribution >= 4 is 11.9 Å². The number of unbranched alkanes of at least 4 members (excludes halogenated alkanes) is 6. The molecule has 20 heavy (non-hydrogen) atoms. The molecule has 1 unspecified atom stereocenters. The zero-order valence-corrected chi connectivity index (χ0v) is 12.6. The maximum Gasteiger partial charge on any atom is 0.327 e. The van der Waals surface area contributed by atoms with Gasteiger partial charge in [0.1, 0.15) is 6.04 Å². The van der Waals surface area contributed by atoms with Gasteiger partial charge in [0, 0.05) is 26.1 Å². The summed E-state index contributed by atoms with van der Waals surface area (Å²) in [5, 5.41) is 12.1. The molecule has 116 valence electrons. The fraction of sp³-hybridized carbons (Fsp3) is 0.867. The summed E-state index contributed by atoms with van der Waals surface area (Å²) < 4.78 is 0. The van der Waals surface area contributed by atoms with Crippen LogP contribution in [-0.2, 0) is 9.59 Å². The van der Waals surface area contributed by atoms with Gasteiger partial charge < -0.3 is 15.3 Å². The van der Waals surface area contributed by atoms with Crippen LogP contribution in [0.15, 0.2) is 0 Å². The Morgan fingerprint density at radius 1 is 1.15 bits per heavy atom. The molecule has 1 aliphatic heterocycles. The molecular weight excluding hydrogens is 256 g/mol. The van der Waals surface area contributed by atoms with E-state index < -0.39 is 12.0 Å². The molecule has 1 rings (SSSR count). The van der Waals surface area contributed by atoms with Crippen molar-refractivity contribution in [3.8, 4) is 0 Å². The third-order valence-corrected chi connectivity index (χ3v) is 3.84. The first kappa shape index (κ1) is 17.0. The number of carboxylic acid groups (broad SMARTS) is 1. The highest BCUT2D eigenvalue weighted by molar-refractivity contribution is 5.84. The number of hydrogen-bond donors (Lipinski definition) is 2. The Morgan fingerprint density at radius 2 is 1.80 bits per heavy atom. The average Bonchev–Trinajstić information content (AvgIpc) is 2.46. The van der Waals surface area contributed by atoms with Gasteiger partial charge in [-0.3, -0.25) is 4.79 Å². The number of nitrogens with one attached hydrogen (secondary N) is 1. The summed E-state index contributed by atoms with van der Waals surface area (Å²) in [7, 11) is 0. The van der Waals surface area contributed by atoms with Gasteiger partial charge in [-0.05, 0) is 6.42 Å². The molecule has 1 aliphatic rings. The number of carbonyl (C=O) groups is 2. The molecule has 1 amide bonds. The predicted molar refractivity (Wildman–Crippen MR) is 78.6 cm³/mol. The third-order valence-electron chi connectivity index (χ3n) is 3.84. The number of aliphatic carboxylic acids is 1. The van der Waals surface area contributed by atoms with Gasteiger partial charge in [0.05, 0.1) is 0 Å². The first-order chi connectivity index (χ1) is 9.66. The molecule has 2 N–H and O–H groups in total. The normalized spacial score (nSPS) is 19.1. The van der Waals surface area contributed by atoms with Crippen LogP contribution in [0.5, 0.6) is 0 Å². The highest BCUT2D eigenvalue weighted by atomic mass is 16.4. The van der Waals surface area contributed by atoms with E-state index >= 15 is 0 Å². The highest BCUT2D eigenvalue weighted by Gasteiger charge is 2.31. The lowest BCUT2D eigenvalue weighted by Gasteiger charge is -2.33. The van der Waals surface area contributed by atoms with Gasteiger partial charge in [-0.15, -0.1) is 0 Å². The van der Waals surface area contributed by atoms with Crippen LogP contribution in [0.1, 0.15) is 58.3 Å². The smallest absolute Gasteiger partial charge is 0.327 e. The summed E-state index contributed by atoms with van der Waals surface area (Å²) in [5.41, 5.74) is 0. The number of nitrogens with zero attached hydrogens (tertiary/aromatic N) is 1. The minimum absolute atomic E-state index is 0.00698. The molecule has 0 saturated carbocycles. The molecule has 1 atom stereocenters. The number of hydrogen-bond acceptors (Lipinski definition) is 3. The Morgan fingerprint density at radius 3 is 2.45 bits per heavy atom. The van der Waals surface area contributed by atoms with E-state index in [1.165, 1.54) is 37.0 Å². The second kappa shape index (κ2) is 9.75. The van der Waals surface area contributed by atoms with Gasteiger partial charge in [-0.2, -0.15) is 0 Å². The van der Waals surface area contributed by atoms with E-state index in [1.54, 1.807) is 0 Å². The van der Waals surface area contributed by atoms with E-state index in [9.17, 15) is 9.59 Å². The van der Waals surface area contributed by atoms with Gasteiger partial charge in [0.25, 0.3) is 0 Å². The number of carboxylic acids is 1. The summed E-state index contributed by atoms with van der Waals surface area (Å²) in [6.07, 6.45) is 8.67. The van der Waals surface area contributed by atoms with Crippen molar-refractivity contribution in [2.75, 3.05) is 19.6 Å². The van der Waals surface area contributed by atoms with Crippen molar-refractivity contribution < 1.29 is 14.7 Å². The zero-order chi connectivity index (χ0) is 14.8. The Balaban J connectivity index is 2.19. The number of piperazine rings is 1. The Hall–Kier alpha value is -1.10. The van der Waals surface area contributed by atoms with Crippen LogP contribution in [0.4, 0.5) is 0 Å². The first-order valence-electron chi connectivity index (χ1n) is 7.89. The van der Waals surface area contributed by atoms with Gasteiger partial charge in [-0.1, -0.05) is 45.4 Å². The van der Waals surface area contributed by atoms with Gasteiger partial charge in [0.2, 0.25) is 5.91 Å². The fourth-order valence-electron chi connectivity index (χ4n) is 2.60. The van der Waals surface area contributed by atoms with Crippen LogP contribution < -0.4 is 5.32 Å². The van der Waals surface area contributed by atoms with E-state index in [0.717, 1.165) is 12.8 Å². The monoisotopic (exact) mass is 284 g/mol. The van der Waals surface area contributed by atoms with Crippen molar-refractivity contribution in [3.63, 3.8) is 0 Å². The zero-order valence-electron chi connectivity index (χ0n) is 12.6. The van der Waals surface area contributed by atoms with Crippen LogP contribution in [0, 0.1) is 0 Å². The van der Waals surface area contributed by atoms with Crippen LogP contribution in [0.3, 0.4) is 0 Å². The lowest BCUT2D eigenvalue weighted by atomic mass is 10.1. The van der Waals surface area contributed by atoms with Crippen LogP contribution >= 0.6 is 0 Å². The van der Waals surface area contributed by atoms with Crippen LogP contribution in [-0.4, -0.2) is 47.6 Å².